The van der Waals surface area contributed by atoms with Gasteiger partial charge in [-0.3, -0.25) is 19.6 Å². The predicted molar refractivity (Wildman–Crippen MR) is 111 cm³/mol. The number of aromatic nitrogens is 1. The van der Waals surface area contributed by atoms with Crippen molar-refractivity contribution < 1.29 is 9.53 Å². The van der Waals surface area contributed by atoms with Gasteiger partial charge in [-0.05, 0) is 63.4 Å². The fraction of sp³-hybridized carbons (Fsp3) is 0.727. The zero-order valence-electron chi connectivity index (χ0n) is 17.6. The number of ether oxygens (including phenoxy) is 1. The first-order valence-electron chi connectivity index (χ1n) is 10.8. The van der Waals surface area contributed by atoms with Gasteiger partial charge in [0.15, 0.2) is 0 Å². The number of hydrogen-bond acceptors (Lipinski definition) is 5. The molecule has 0 saturated carbocycles. The topological polar surface area (TPSA) is 48.9 Å². The van der Waals surface area contributed by atoms with Crippen LogP contribution in [0.2, 0.25) is 0 Å². The van der Waals surface area contributed by atoms with Gasteiger partial charge >= 0.3 is 0 Å². The highest BCUT2D eigenvalue weighted by Crippen LogP contribution is 2.25. The van der Waals surface area contributed by atoms with Crippen molar-refractivity contribution in [3.8, 4) is 0 Å². The Morgan fingerprint density at radius 3 is 2.82 bits per heavy atom. The van der Waals surface area contributed by atoms with Crippen LogP contribution >= 0.6 is 0 Å². The van der Waals surface area contributed by atoms with Crippen LogP contribution in [-0.2, 0) is 16.1 Å². The number of piperidine rings is 2. The van der Waals surface area contributed by atoms with Gasteiger partial charge in [0.05, 0.1) is 5.92 Å². The molecule has 1 atom stereocenters. The standard InChI is InChI=1S/C22H36N4O2/c1-24(11-5-15-28-2)22(27)20-7-4-12-26(18-20)21-8-13-25(14-9-21)17-19-6-3-10-23-16-19/h3,6,10,16,20-21H,4-5,7-9,11-15,17-18H2,1-2H3/t20-/m0/s1. The molecule has 1 aromatic heterocycles. The Bertz CT molecular complexity index is 589. The number of rotatable bonds is 8. The Kier molecular flexibility index (Phi) is 8.25. The normalized spacial score (nSPS) is 22.3. The molecule has 6 heteroatoms. The first-order chi connectivity index (χ1) is 13.7. The maximum Gasteiger partial charge on any atom is 0.226 e. The van der Waals surface area contributed by atoms with Gasteiger partial charge < -0.3 is 9.64 Å². The molecule has 0 aliphatic carbocycles. The van der Waals surface area contributed by atoms with Crippen molar-refractivity contribution in [3.05, 3.63) is 30.1 Å². The summed E-state index contributed by atoms with van der Waals surface area (Å²) in [7, 11) is 3.65. The Balaban J connectivity index is 1.44. The first kappa shape index (κ1) is 21.2. The second kappa shape index (κ2) is 10.9. The summed E-state index contributed by atoms with van der Waals surface area (Å²) in [5.41, 5.74) is 1.29. The summed E-state index contributed by atoms with van der Waals surface area (Å²) in [5, 5.41) is 0. The molecule has 0 spiro atoms. The number of amides is 1. The van der Waals surface area contributed by atoms with E-state index in [-0.39, 0.29) is 5.92 Å². The van der Waals surface area contributed by atoms with Gasteiger partial charge in [-0.15, -0.1) is 0 Å². The second-order valence-corrected chi connectivity index (χ2v) is 8.31. The molecule has 3 rings (SSSR count). The zero-order valence-corrected chi connectivity index (χ0v) is 17.6. The van der Waals surface area contributed by atoms with Crippen molar-refractivity contribution in [2.45, 2.75) is 44.7 Å². The van der Waals surface area contributed by atoms with Crippen LogP contribution in [0.1, 0.15) is 37.7 Å². The molecular formula is C22H36N4O2. The summed E-state index contributed by atoms with van der Waals surface area (Å²) in [4.78, 5) is 24.1. The molecule has 28 heavy (non-hydrogen) atoms. The van der Waals surface area contributed by atoms with E-state index < -0.39 is 0 Å². The number of methoxy groups -OCH3 is 1. The molecule has 6 nitrogen and oxygen atoms in total. The molecule has 0 aromatic carbocycles. The van der Waals surface area contributed by atoms with Crippen LogP contribution in [0.4, 0.5) is 0 Å². The quantitative estimate of drug-likeness (QED) is 0.640. The largest absolute Gasteiger partial charge is 0.385 e. The van der Waals surface area contributed by atoms with Crippen LogP contribution in [-0.4, -0.2) is 85.1 Å². The van der Waals surface area contributed by atoms with Gasteiger partial charge in [0.25, 0.3) is 0 Å². The van der Waals surface area contributed by atoms with E-state index >= 15 is 0 Å². The van der Waals surface area contributed by atoms with E-state index in [0.717, 1.165) is 58.5 Å². The zero-order chi connectivity index (χ0) is 19.8. The molecule has 3 heterocycles. The molecule has 2 fully saturated rings. The molecule has 1 aromatic rings. The van der Waals surface area contributed by atoms with E-state index in [1.165, 1.54) is 18.4 Å². The van der Waals surface area contributed by atoms with Crippen molar-refractivity contribution >= 4 is 5.91 Å². The molecule has 1 amide bonds. The molecule has 2 aliphatic rings. The van der Waals surface area contributed by atoms with Crippen molar-refractivity contribution in [1.82, 2.24) is 19.7 Å². The summed E-state index contributed by atoms with van der Waals surface area (Å²) in [6.45, 7) is 6.83. The minimum Gasteiger partial charge on any atom is -0.385 e. The Labute approximate surface area is 169 Å². The fourth-order valence-corrected chi connectivity index (χ4v) is 4.60. The number of hydrogen-bond donors (Lipinski definition) is 0. The van der Waals surface area contributed by atoms with Crippen molar-refractivity contribution in [1.29, 1.82) is 0 Å². The second-order valence-electron chi connectivity index (χ2n) is 8.31. The van der Waals surface area contributed by atoms with Crippen molar-refractivity contribution in [2.24, 2.45) is 5.92 Å². The van der Waals surface area contributed by atoms with Gasteiger partial charge in [-0.1, -0.05) is 6.07 Å². The number of carbonyl (C=O) groups excluding carboxylic acids is 1. The molecule has 2 aliphatic heterocycles. The van der Waals surface area contributed by atoms with E-state index in [1.807, 2.05) is 30.4 Å². The van der Waals surface area contributed by atoms with E-state index in [9.17, 15) is 4.79 Å². The third-order valence-electron chi connectivity index (χ3n) is 6.22. The molecular weight excluding hydrogens is 352 g/mol. The lowest BCUT2D eigenvalue weighted by Crippen LogP contribution is -2.50. The number of carbonyl (C=O) groups is 1. The average Bonchev–Trinajstić information content (AvgIpc) is 2.74. The van der Waals surface area contributed by atoms with Gasteiger partial charge in [-0.25, -0.2) is 0 Å². The molecule has 0 unspecified atom stereocenters. The van der Waals surface area contributed by atoms with E-state index in [1.54, 1.807) is 7.11 Å². The highest BCUT2D eigenvalue weighted by atomic mass is 16.5. The molecule has 0 N–H and O–H groups in total. The minimum absolute atomic E-state index is 0.162. The Morgan fingerprint density at radius 1 is 1.29 bits per heavy atom. The van der Waals surface area contributed by atoms with Gasteiger partial charge in [0.2, 0.25) is 5.91 Å². The number of nitrogens with zero attached hydrogens (tertiary/aromatic N) is 4. The maximum absolute atomic E-state index is 12.8. The van der Waals surface area contributed by atoms with Crippen molar-refractivity contribution in [3.63, 3.8) is 0 Å². The van der Waals surface area contributed by atoms with Crippen LogP contribution in [0.15, 0.2) is 24.5 Å². The summed E-state index contributed by atoms with van der Waals surface area (Å²) in [6.07, 6.45) is 9.27. The number of pyridine rings is 1. The summed E-state index contributed by atoms with van der Waals surface area (Å²) in [5.74, 6) is 0.476. The summed E-state index contributed by atoms with van der Waals surface area (Å²) < 4.78 is 5.11. The van der Waals surface area contributed by atoms with E-state index in [2.05, 4.69) is 20.9 Å². The van der Waals surface area contributed by atoms with E-state index in [0.29, 0.717) is 18.6 Å². The molecule has 156 valence electrons. The van der Waals surface area contributed by atoms with Crippen LogP contribution < -0.4 is 0 Å². The summed E-state index contributed by atoms with van der Waals surface area (Å²) in [6, 6.07) is 4.79. The summed E-state index contributed by atoms with van der Waals surface area (Å²) >= 11 is 0. The molecule has 0 radical (unpaired) electrons. The third-order valence-corrected chi connectivity index (χ3v) is 6.22. The van der Waals surface area contributed by atoms with E-state index in [4.69, 9.17) is 4.74 Å². The highest BCUT2D eigenvalue weighted by molar-refractivity contribution is 5.78. The maximum atomic E-state index is 12.8. The fourth-order valence-electron chi connectivity index (χ4n) is 4.60. The Morgan fingerprint density at radius 2 is 2.11 bits per heavy atom. The number of likely N-dealkylation sites (tertiary alicyclic amines) is 2. The lowest BCUT2D eigenvalue weighted by molar-refractivity contribution is -0.136. The lowest BCUT2D eigenvalue weighted by atomic mass is 9.93. The van der Waals surface area contributed by atoms with Crippen molar-refractivity contribution in [2.75, 3.05) is 53.5 Å². The monoisotopic (exact) mass is 388 g/mol. The predicted octanol–water partition coefficient (Wildman–Crippen LogP) is 2.25. The van der Waals surface area contributed by atoms with Gasteiger partial charge in [0.1, 0.15) is 0 Å². The average molecular weight is 389 g/mol. The third kappa shape index (κ3) is 6.00. The van der Waals surface area contributed by atoms with Crippen LogP contribution in [0.3, 0.4) is 0 Å². The highest BCUT2D eigenvalue weighted by Gasteiger charge is 2.32. The first-order valence-corrected chi connectivity index (χ1v) is 10.8. The lowest BCUT2D eigenvalue weighted by Gasteiger charge is -2.42. The van der Waals surface area contributed by atoms with Gasteiger partial charge in [0, 0.05) is 58.8 Å². The van der Waals surface area contributed by atoms with Gasteiger partial charge in [-0.2, -0.15) is 0 Å². The smallest absolute Gasteiger partial charge is 0.226 e. The van der Waals surface area contributed by atoms with Crippen LogP contribution in [0, 0.1) is 5.92 Å². The Hall–Kier alpha value is -1.50. The SMILES string of the molecule is COCCCN(C)C(=O)[C@H]1CCCN(C2CCN(Cc3cccnc3)CC2)C1. The molecule has 0 bridgehead atoms. The van der Waals surface area contributed by atoms with Crippen LogP contribution in [0.25, 0.3) is 0 Å². The minimum atomic E-state index is 0.162. The molecule has 2 saturated heterocycles. The van der Waals surface area contributed by atoms with Crippen LogP contribution in [0.5, 0.6) is 0 Å².